The minimum Gasteiger partial charge on any atom is -0.483 e. The van der Waals surface area contributed by atoms with Crippen molar-refractivity contribution in [1.29, 1.82) is 0 Å². The highest BCUT2D eigenvalue weighted by molar-refractivity contribution is 7.49. The van der Waals surface area contributed by atoms with E-state index in [9.17, 15) is 0 Å². The lowest BCUT2D eigenvalue weighted by Crippen LogP contribution is -2.30. The summed E-state index contributed by atoms with van der Waals surface area (Å²) >= 11 is 0. The van der Waals surface area contributed by atoms with Gasteiger partial charge in [-0.3, -0.25) is 0 Å². The first-order valence-electron chi connectivity index (χ1n) is 17.1. The van der Waals surface area contributed by atoms with Gasteiger partial charge in [0, 0.05) is 0 Å². The minimum absolute atomic E-state index is 0.00675. The number of ether oxygens (including phenoxy) is 2. The van der Waals surface area contributed by atoms with Crippen LogP contribution in [0.4, 0.5) is 0 Å². The highest BCUT2D eigenvalue weighted by atomic mass is 31.1. The van der Waals surface area contributed by atoms with Gasteiger partial charge in [0.15, 0.2) is 0 Å². The predicted octanol–water partition coefficient (Wildman–Crippen LogP) is 11.9. The Kier molecular flexibility index (Phi) is 11.1. The summed E-state index contributed by atoms with van der Waals surface area (Å²) in [5, 5.41) is 2.04. The zero-order valence-electron chi connectivity index (χ0n) is 31.2. The summed E-state index contributed by atoms with van der Waals surface area (Å²) in [6, 6.07) is 33.4. The van der Waals surface area contributed by atoms with Gasteiger partial charge in [-0.15, -0.1) is 0 Å². The lowest BCUT2D eigenvalue weighted by atomic mass is 9.80. The van der Waals surface area contributed by atoms with Crippen LogP contribution in [-0.2, 0) is 16.2 Å². The highest BCUT2D eigenvalue weighted by Crippen LogP contribution is 2.42. The van der Waals surface area contributed by atoms with Crippen LogP contribution in [0, 0.1) is 0 Å². The Morgan fingerprint density at radius 1 is 0.489 bits per heavy atom. The average Bonchev–Trinajstić information content (AvgIpc) is 2.96. The van der Waals surface area contributed by atoms with Crippen molar-refractivity contribution < 1.29 is 9.47 Å². The molecular formula is C43H58O2P2. The fourth-order valence-corrected chi connectivity index (χ4v) is 8.07. The van der Waals surface area contributed by atoms with E-state index in [1.54, 1.807) is 0 Å². The topological polar surface area (TPSA) is 18.5 Å². The van der Waals surface area contributed by atoms with Gasteiger partial charge < -0.3 is 9.47 Å². The minimum atomic E-state index is -0.288. The fraction of sp³-hybridized carbons (Fsp3) is 0.442. The summed E-state index contributed by atoms with van der Waals surface area (Å²) in [4.78, 5) is 0. The molecule has 252 valence electrons. The molecule has 4 aromatic rings. The van der Waals surface area contributed by atoms with E-state index in [1.165, 1.54) is 38.4 Å². The normalized spacial score (nSPS) is 14.6. The maximum atomic E-state index is 6.91. The molecule has 0 saturated heterocycles. The van der Waals surface area contributed by atoms with Crippen molar-refractivity contribution >= 4 is 27.8 Å². The molecule has 0 aliphatic rings. The maximum Gasteiger partial charge on any atom is 0.125 e. The van der Waals surface area contributed by atoms with Crippen LogP contribution in [0.1, 0.15) is 113 Å². The van der Waals surface area contributed by atoms with Gasteiger partial charge in [0.05, 0.1) is 0 Å². The Morgan fingerprint density at radius 2 is 0.957 bits per heavy atom. The molecule has 0 bridgehead atoms. The van der Waals surface area contributed by atoms with Crippen molar-refractivity contribution in [2.24, 2.45) is 0 Å². The number of hydrogen-bond acceptors (Lipinski definition) is 2. The number of rotatable bonds is 10. The summed E-state index contributed by atoms with van der Waals surface area (Å²) in [5.74, 6) is 1.93. The molecule has 4 rings (SSSR count). The van der Waals surface area contributed by atoms with Crippen LogP contribution in [0.25, 0.3) is 11.1 Å². The Morgan fingerprint density at radius 3 is 1.40 bits per heavy atom. The Bertz CT molecular complexity index is 1610. The molecule has 0 aromatic heterocycles. The quantitative estimate of drug-likeness (QED) is 0.157. The van der Waals surface area contributed by atoms with Gasteiger partial charge in [-0.25, -0.2) is 0 Å². The summed E-state index contributed by atoms with van der Waals surface area (Å²) in [5.41, 5.74) is 6.63. The van der Waals surface area contributed by atoms with E-state index in [0.29, 0.717) is 17.2 Å². The molecule has 0 aliphatic heterocycles. The molecular weight excluding hydrogens is 610 g/mol. The monoisotopic (exact) mass is 668 g/mol. The zero-order valence-corrected chi connectivity index (χ0v) is 33.2. The third-order valence-corrected chi connectivity index (χ3v) is 11.6. The van der Waals surface area contributed by atoms with Crippen LogP contribution in [-0.4, -0.2) is 10.7 Å². The largest absolute Gasteiger partial charge is 0.483 e. The Balaban J connectivity index is 1.42. The molecule has 0 saturated carbocycles. The second-order valence-electron chi connectivity index (χ2n) is 16.7. The van der Waals surface area contributed by atoms with Gasteiger partial charge in [0.2, 0.25) is 0 Å². The highest BCUT2D eigenvalue weighted by Gasteiger charge is 2.30. The molecule has 47 heavy (non-hydrogen) atoms. The van der Waals surface area contributed by atoms with Crippen molar-refractivity contribution in [2.75, 3.05) is 0 Å². The van der Waals surface area contributed by atoms with Gasteiger partial charge in [-0.2, -0.15) is 0 Å². The molecule has 0 radical (unpaired) electrons. The first kappa shape index (κ1) is 37.2. The number of benzene rings is 4. The zero-order chi connectivity index (χ0) is 34.8. The van der Waals surface area contributed by atoms with Crippen LogP contribution in [0.15, 0.2) is 91.0 Å². The van der Waals surface area contributed by atoms with E-state index in [0.717, 1.165) is 17.9 Å². The molecule has 0 aliphatic carbocycles. The summed E-state index contributed by atoms with van der Waals surface area (Å²) in [6.07, 6.45) is 0.933. The second kappa shape index (κ2) is 14.1. The molecule has 2 nitrogen and oxygen atoms in total. The van der Waals surface area contributed by atoms with E-state index in [-0.39, 0.29) is 26.9 Å². The summed E-state index contributed by atoms with van der Waals surface area (Å²) in [6.45, 7) is 29.2. The van der Waals surface area contributed by atoms with Crippen LogP contribution in [0.2, 0.25) is 0 Å². The van der Waals surface area contributed by atoms with Crippen LogP contribution >= 0.6 is 17.2 Å². The molecule has 0 spiro atoms. The molecule has 0 amide bonds. The van der Waals surface area contributed by atoms with E-state index >= 15 is 0 Å². The smallest absolute Gasteiger partial charge is 0.125 e. The van der Waals surface area contributed by atoms with Crippen molar-refractivity contribution in [3.8, 4) is 22.6 Å². The van der Waals surface area contributed by atoms with Crippen molar-refractivity contribution in [3.63, 3.8) is 0 Å². The average molecular weight is 669 g/mol. The molecule has 0 N–H and O–H groups in total. The van der Waals surface area contributed by atoms with Crippen LogP contribution in [0.3, 0.4) is 0 Å². The van der Waals surface area contributed by atoms with Gasteiger partial charge in [-0.1, -0.05) is 142 Å². The molecule has 4 aromatic carbocycles. The second-order valence-corrected chi connectivity index (χ2v) is 20.6. The van der Waals surface area contributed by atoms with Crippen molar-refractivity contribution in [2.45, 2.75) is 123 Å². The fourth-order valence-electron chi connectivity index (χ4n) is 5.59. The summed E-state index contributed by atoms with van der Waals surface area (Å²) < 4.78 is 13.3. The van der Waals surface area contributed by atoms with Gasteiger partial charge in [0.1, 0.15) is 22.2 Å². The third-order valence-electron chi connectivity index (χ3n) is 8.71. The van der Waals surface area contributed by atoms with E-state index in [1.807, 2.05) is 0 Å². The van der Waals surface area contributed by atoms with Crippen molar-refractivity contribution in [3.05, 3.63) is 108 Å². The van der Waals surface area contributed by atoms with Crippen LogP contribution < -0.4 is 20.1 Å². The lowest BCUT2D eigenvalue weighted by molar-refractivity contribution is 0.174. The van der Waals surface area contributed by atoms with Gasteiger partial charge in [-0.05, 0) is 117 Å². The van der Waals surface area contributed by atoms with E-state index < -0.39 is 0 Å². The third kappa shape index (κ3) is 10.2. The Labute approximate surface area is 290 Å². The van der Waals surface area contributed by atoms with Crippen molar-refractivity contribution in [1.82, 2.24) is 0 Å². The van der Waals surface area contributed by atoms with E-state index in [2.05, 4.69) is 181 Å². The molecule has 4 heteroatoms. The van der Waals surface area contributed by atoms with Crippen LogP contribution in [0.5, 0.6) is 11.5 Å². The predicted molar refractivity (Wildman–Crippen MR) is 211 cm³/mol. The molecule has 3 unspecified atom stereocenters. The van der Waals surface area contributed by atoms with Gasteiger partial charge in [0.25, 0.3) is 0 Å². The maximum absolute atomic E-state index is 6.91. The first-order valence-corrected chi connectivity index (χ1v) is 19.1. The number of hydrogen-bond donors (Lipinski definition) is 0. The molecule has 0 fully saturated rings. The Hall–Kier alpha value is -2.66. The summed E-state index contributed by atoms with van der Waals surface area (Å²) in [7, 11) is 1.07. The molecule has 0 heterocycles. The molecule has 3 atom stereocenters. The first-order chi connectivity index (χ1) is 21.7. The lowest BCUT2D eigenvalue weighted by Gasteiger charge is -2.34. The SMILES string of the molecule is CCC(C)(Oc1ccc(C(C)(C)C)cc1C(C)(C)C)Pc1ccc(-c2ccc(PC(C)(C)Oc3ccc(C(C)(C)C)cc3)cc2)cc1. The standard InChI is InChI=1S/C43H58O2P2/c1-14-43(13,45-38-28-21-33(40(5,6)7)29-37(38)41(8,9)10)47-36-26-17-31(18-27-36)30-15-24-35(25-16-30)46-42(11,12)44-34-22-19-32(20-23-34)39(2,3)4/h15-29,46-47H,14H2,1-13H3. The van der Waals surface area contributed by atoms with Gasteiger partial charge >= 0.3 is 0 Å². The van der Waals surface area contributed by atoms with E-state index in [4.69, 9.17) is 9.47 Å².